The number of aryl methyl sites for hydroxylation is 1. The van der Waals surface area contributed by atoms with Gasteiger partial charge >= 0.3 is 0 Å². The number of benzene rings is 1. The van der Waals surface area contributed by atoms with Crippen molar-refractivity contribution in [2.24, 2.45) is 5.73 Å². The summed E-state index contributed by atoms with van der Waals surface area (Å²) in [5.74, 6) is 0. The van der Waals surface area contributed by atoms with Gasteiger partial charge in [-0.05, 0) is 24.5 Å². The van der Waals surface area contributed by atoms with Crippen LogP contribution in [-0.4, -0.2) is 11.7 Å². The molecule has 1 rings (SSSR count). The lowest BCUT2D eigenvalue weighted by Crippen LogP contribution is -2.31. The molecule has 0 unspecified atom stereocenters. The average Bonchev–Trinajstić information content (AvgIpc) is 2.18. The standard InChI is InChI=1S/C11H17NO/c1-3-9-4-6-10(7-5-9)11(2,13)8-12/h4-7,13H,3,8,12H2,1-2H3/t11-/m1/s1. The van der Waals surface area contributed by atoms with Gasteiger partial charge in [0.15, 0.2) is 0 Å². The van der Waals surface area contributed by atoms with Crippen LogP contribution in [0.25, 0.3) is 0 Å². The maximum Gasteiger partial charge on any atom is 0.0990 e. The molecule has 0 fully saturated rings. The molecule has 3 N–H and O–H groups in total. The molecule has 72 valence electrons. The Morgan fingerprint density at radius 1 is 1.31 bits per heavy atom. The van der Waals surface area contributed by atoms with E-state index in [2.05, 4.69) is 6.92 Å². The molecule has 0 heterocycles. The summed E-state index contributed by atoms with van der Waals surface area (Å²) >= 11 is 0. The third-order valence-electron chi connectivity index (χ3n) is 2.38. The molecule has 0 saturated carbocycles. The molecule has 0 spiro atoms. The van der Waals surface area contributed by atoms with E-state index in [9.17, 15) is 5.11 Å². The largest absolute Gasteiger partial charge is 0.384 e. The van der Waals surface area contributed by atoms with Gasteiger partial charge in [-0.15, -0.1) is 0 Å². The normalized spacial score (nSPS) is 15.4. The third-order valence-corrected chi connectivity index (χ3v) is 2.38. The van der Waals surface area contributed by atoms with Crippen molar-refractivity contribution >= 4 is 0 Å². The van der Waals surface area contributed by atoms with Gasteiger partial charge in [-0.2, -0.15) is 0 Å². The minimum absolute atomic E-state index is 0.248. The lowest BCUT2D eigenvalue weighted by Gasteiger charge is -2.21. The van der Waals surface area contributed by atoms with Gasteiger partial charge in [-0.3, -0.25) is 0 Å². The summed E-state index contributed by atoms with van der Waals surface area (Å²) in [7, 11) is 0. The van der Waals surface area contributed by atoms with E-state index in [0.29, 0.717) is 0 Å². The molecule has 0 saturated heterocycles. The van der Waals surface area contributed by atoms with Gasteiger partial charge in [0.05, 0.1) is 5.60 Å². The number of hydrogen-bond acceptors (Lipinski definition) is 2. The zero-order valence-electron chi connectivity index (χ0n) is 8.25. The molecule has 0 radical (unpaired) electrons. The molecule has 0 aromatic heterocycles. The zero-order chi connectivity index (χ0) is 9.90. The highest BCUT2D eigenvalue weighted by molar-refractivity contribution is 5.26. The van der Waals surface area contributed by atoms with Crippen LogP contribution >= 0.6 is 0 Å². The topological polar surface area (TPSA) is 46.2 Å². The third kappa shape index (κ3) is 2.29. The van der Waals surface area contributed by atoms with Crippen molar-refractivity contribution in [1.82, 2.24) is 0 Å². The molecule has 13 heavy (non-hydrogen) atoms. The van der Waals surface area contributed by atoms with Gasteiger partial charge in [-0.25, -0.2) is 0 Å². The maximum atomic E-state index is 9.83. The Balaban J connectivity index is 2.92. The number of rotatable bonds is 3. The first kappa shape index (κ1) is 10.2. The first-order valence-electron chi connectivity index (χ1n) is 4.62. The van der Waals surface area contributed by atoms with Gasteiger partial charge in [-0.1, -0.05) is 31.2 Å². The van der Waals surface area contributed by atoms with Crippen LogP contribution in [-0.2, 0) is 12.0 Å². The average molecular weight is 179 g/mol. The van der Waals surface area contributed by atoms with Gasteiger partial charge in [0, 0.05) is 6.54 Å². The van der Waals surface area contributed by atoms with Crippen LogP contribution in [0.4, 0.5) is 0 Å². The van der Waals surface area contributed by atoms with E-state index < -0.39 is 5.60 Å². The fourth-order valence-electron chi connectivity index (χ4n) is 1.22. The quantitative estimate of drug-likeness (QED) is 0.737. The van der Waals surface area contributed by atoms with Crippen molar-refractivity contribution in [2.45, 2.75) is 25.9 Å². The lowest BCUT2D eigenvalue weighted by molar-refractivity contribution is 0.0668. The van der Waals surface area contributed by atoms with Crippen molar-refractivity contribution in [2.75, 3.05) is 6.54 Å². The zero-order valence-corrected chi connectivity index (χ0v) is 8.25. The predicted molar refractivity (Wildman–Crippen MR) is 54.4 cm³/mol. The van der Waals surface area contributed by atoms with E-state index in [1.807, 2.05) is 24.3 Å². The minimum atomic E-state index is -0.897. The molecular formula is C11H17NO. The van der Waals surface area contributed by atoms with Gasteiger partial charge < -0.3 is 10.8 Å². The monoisotopic (exact) mass is 179 g/mol. The molecule has 2 nitrogen and oxygen atoms in total. The smallest absolute Gasteiger partial charge is 0.0990 e. The number of aliphatic hydroxyl groups is 1. The maximum absolute atomic E-state index is 9.83. The van der Waals surface area contributed by atoms with Crippen LogP contribution in [0.2, 0.25) is 0 Å². The summed E-state index contributed by atoms with van der Waals surface area (Å²) in [6.45, 7) is 4.09. The Morgan fingerprint density at radius 3 is 2.23 bits per heavy atom. The number of hydrogen-bond donors (Lipinski definition) is 2. The SMILES string of the molecule is CCc1ccc([C@](C)(O)CN)cc1. The lowest BCUT2D eigenvalue weighted by atomic mass is 9.95. The van der Waals surface area contributed by atoms with E-state index in [-0.39, 0.29) is 6.54 Å². The second-order valence-corrected chi connectivity index (χ2v) is 3.53. The van der Waals surface area contributed by atoms with Crippen molar-refractivity contribution < 1.29 is 5.11 Å². The second-order valence-electron chi connectivity index (χ2n) is 3.53. The summed E-state index contributed by atoms with van der Waals surface area (Å²) in [4.78, 5) is 0. The molecule has 0 aliphatic heterocycles. The molecule has 2 heteroatoms. The van der Waals surface area contributed by atoms with E-state index >= 15 is 0 Å². The van der Waals surface area contributed by atoms with Crippen molar-refractivity contribution in [3.8, 4) is 0 Å². The molecule has 1 aromatic rings. The molecule has 0 amide bonds. The van der Waals surface area contributed by atoms with Gasteiger partial charge in [0.25, 0.3) is 0 Å². The Bertz CT molecular complexity index is 264. The second kappa shape index (κ2) is 3.90. The van der Waals surface area contributed by atoms with Gasteiger partial charge in [0.2, 0.25) is 0 Å². The molecule has 0 aliphatic carbocycles. The molecule has 1 aromatic carbocycles. The highest BCUT2D eigenvalue weighted by Gasteiger charge is 2.19. The summed E-state index contributed by atoms with van der Waals surface area (Å²) in [5, 5.41) is 9.83. The van der Waals surface area contributed by atoms with Crippen LogP contribution in [0.3, 0.4) is 0 Å². The van der Waals surface area contributed by atoms with Crippen LogP contribution in [0, 0.1) is 0 Å². The first-order valence-corrected chi connectivity index (χ1v) is 4.62. The highest BCUT2D eigenvalue weighted by atomic mass is 16.3. The summed E-state index contributed by atoms with van der Waals surface area (Å²) in [6.07, 6.45) is 1.02. The number of nitrogens with two attached hydrogens (primary N) is 1. The minimum Gasteiger partial charge on any atom is -0.384 e. The fraction of sp³-hybridized carbons (Fsp3) is 0.455. The Kier molecular flexibility index (Phi) is 3.07. The summed E-state index contributed by atoms with van der Waals surface area (Å²) in [6, 6.07) is 7.93. The Morgan fingerprint density at radius 2 is 1.85 bits per heavy atom. The van der Waals surface area contributed by atoms with Crippen LogP contribution in [0.1, 0.15) is 25.0 Å². The molecular weight excluding hydrogens is 162 g/mol. The first-order chi connectivity index (χ1) is 6.10. The van der Waals surface area contributed by atoms with Crippen LogP contribution in [0.15, 0.2) is 24.3 Å². The van der Waals surface area contributed by atoms with E-state index in [1.54, 1.807) is 6.92 Å². The Hall–Kier alpha value is -0.860. The van der Waals surface area contributed by atoms with Crippen LogP contribution in [0.5, 0.6) is 0 Å². The van der Waals surface area contributed by atoms with Crippen molar-refractivity contribution in [3.05, 3.63) is 35.4 Å². The summed E-state index contributed by atoms with van der Waals surface area (Å²) in [5.41, 5.74) is 6.72. The molecule has 0 bridgehead atoms. The van der Waals surface area contributed by atoms with E-state index in [4.69, 9.17) is 5.73 Å². The molecule has 1 atom stereocenters. The molecule has 0 aliphatic rings. The van der Waals surface area contributed by atoms with Crippen molar-refractivity contribution in [3.63, 3.8) is 0 Å². The van der Waals surface area contributed by atoms with E-state index in [0.717, 1.165) is 12.0 Å². The van der Waals surface area contributed by atoms with Crippen LogP contribution < -0.4 is 5.73 Å². The van der Waals surface area contributed by atoms with E-state index in [1.165, 1.54) is 5.56 Å². The fourth-order valence-corrected chi connectivity index (χ4v) is 1.22. The van der Waals surface area contributed by atoms with Crippen molar-refractivity contribution in [1.29, 1.82) is 0 Å². The summed E-state index contributed by atoms with van der Waals surface area (Å²) < 4.78 is 0. The highest BCUT2D eigenvalue weighted by Crippen LogP contribution is 2.19. The predicted octanol–water partition coefficient (Wildman–Crippen LogP) is 1.42. The van der Waals surface area contributed by atoms with Gasteiger partial charge in [0.1, 0.15) is 0 Å². The Labute approximate surface area is 79.4 Å².